The maximum atomic E-state index is 14.4. The quantitative estimate of drug-likeness (QED) is 0.251. The van der Waals surface area contributed by atoms with Gasteiger partial charge in [0.2, 0.25) is 0 Å². The Kier molecular flexibility index (Phi) is 13.4. The lowest BCUT2D eigenvalue weighted by Crippen LogP contribution is -2.61. The summed E-state index contributed by atoms with van der Waals surface area (Å²) >= 11 is 0. The first-order valence-corrected chi connectivity index (χ1v) is 20.0. The van der Waals surface area contributed by atoms with Crippen molar-refractivity contribution in [1.82, 2.24) is 4.90 Å². The summed E-state index contributed by atoms with van der Waals surface area (Å²) in [5.74, 6) is -2.21. The van der Waals surface area contributed by atoms with E-state index in [1.54, 1.807) is 27.7 Å². The van der Waals surface area contributed by atoms with Crippen LogP contribution in [0.15, 0.2) is 11.3 Å². The number of nitrogens with zero attached hydrogens (tertiary/aromatic N) is 1. The van der Waals surface area contributed by atoms with Crippen molar-refractivity contribution in [2.45, 2.75) is 198 Å². The molecule has 4 saturated heterocycles. The van der Waals surface area contributed by atoms with Crippen molar-refractivity contribution in [1.29, 1.82) is 0 Å². The lowest BCUT2D eigenvalue weighted by atomic mass is 9.78. The fourth-order valence-corrected chi connectivity index (χ4v) is 9.82. The van der Waals surface area contributed by atoms with Gasteiger partial charge < -0.3 is 53.6 Å². The van der Waals surface area contributed by atoms with Gasteiger partial charge in [-0.05, 0) is 92.8 Å². The van der Waals surface area contributed by atoms with E-state index in [0.717, 1.165) is 31.5 Å². The standard InChI is InChI=1S/C40H69NO12/c1-12-28(42)40(10,46)35-23(4)31-21(2)19-39(9,53-31)34(52-37-30(43)27(18-22(3)48-37)41-16-14-13-15-17-41)24(5)32(25(6)36(45)51-35)50-29-20-38(8,47-11)33(44)26(7)49-29/h22-30,32-35,37,42-44,46H,12-20H2,1-11H3/t22?,23-,24-,25+,26?,27?,28-,29-,30?,32-,33-,34+,35+,37-,38?,39+,40+/m0/s1. The Morgan fingerprint density at radius 3 is 2.30 bits per heavy atom. The Morgan fingerprint density at radius 1 is 1.02 bits per heavy atom. The highest BCUT2D eigenvalue weighted by molar-refractivity contribution is 5.73. The number of cyclic esters (lactones) is 1. The number of carbonyl (C=O) groups excluding carboxylic acids is 1. The molecule has 4 fully saturated rings. The zero-order chi connectivity index (χ0) is 39.2. The summed E-state index contributed by atoms with van der Waals surface area (Å²) in [6, 6.07) is -0.140. The van der Waals surface area contributed by atoms with Gasteiger partial charge in [0, 0.05) is 31.9 Å². The summed E-state index contributed by atoms with van der Waals surface area (Å²) in [7, 11) is 1.54. The molecule has 0 aromatic heterocycles. The van der Waals surface area contributed by atoms with Gasteiger partial charge in [-0.3, -0.25) is 9.69 Å². The molecule has 0 radical (unpaired) electrons. The molecule has 0 aromatic carbocycles. The summed E-state index contributed by atoms with van der Waals surface area (Å²) in [6.07, 6.45) is -3.68. The molecule has 0 spiro atoms. The van der Waals surface area contributed by atoms with Crippen LogP contribution in [0.25, 0.3) is 0 Å². The number of esters is 1. The molecule has 53 heavy (non-hydrogen) atoms. The largest absolute Gasteiger partial charge is 0.488 e. The first kappa shape index (κ1) is 42.7. The first-order valence-electron chi connectivity index (χ1n) is 20.0. The molecule has 5 rings (SSSR count). The Balaban J connectivity index is 1.57. The average Bonchev–Trinajstić information content (AvgIpc) is 3.44. The fraction of sp³-hybridized carbons (Fsp3) is 0.925. The van der Waals surface area contributed by atoms with Crippen molar-refractivity contribution in [3.05, 3.63) is 11.3 Å². The van der Waals surface area contributed by atoms with E-state index < -0.39 is 95.8 Å². The molecule has 4 N–H and O–H groups in total. The molecule has 0 aliphatic carbocycles. The monoisotopic (exact) mass is 755 g/mol. The Bertz CT molecular complexity index is 1290. The van der Waals surface area contributed by atoms with Crippen LogP contribution in [0.2, 0.25) is 0 Å². The number of likely N-dealkylation sites (tertiary alicyclic amines) is 1. The van der Waals surface area contributed by atoms with Crippen molar-refractivity contribution in [2.24, 2.45) is 17.8 Å². The van der Waals surface area contributed by atoms with E-state index in [0.29, 0.717) is 18.6 Å². The third-order valence-corrected chi connectivity index (χ3v) is 13.1. The van der Waals surface area contributed by atoms with Crippen LogP contribution in [0.5, 0.6) is 0 Å². The van der Waals surface area contributed by atoms with Gasteiger partial charge in [0.05, 0.1) is 41.9 Å². The zero-order valence-corrected chi connectivity index (χ0v) is 33.9. The van der Waals surface area contributed by atoms with Gasteiger partial charge in [-0.15, -0.1) is 0 Å². The van der Waals surface area contributed by atoms with Gasteiger partial charge in [0.1, 0.15) is 41.4 Å². The number of aliphatic hydroxyl groups excluding tert-OH is 3. The van der Waals surface area contributed by atoms with Crippen molar-refractivity contribution in [2.75, 3.05) is 20.2 Å². The Labute approximate surface area is 316 Å². The minimum absolute atomic E-state index is 0.140. The normalized spacial score (nSPS) is 46.5. The second-order valence-electron chi connectivity index (χ2n) is 17.5. The van der Waals surface area contributed by atoms with Gasteiger partial charge in [-0.2, -0.15) is 0 Å². The third-order valence-electron chi connectivity index (χ3n) is 13.1. The summed E-state index contributed by atoms with van der Waals surface area (Å²) < 4.78 is 45.4. The highest BCUT2D eigenvalue weighted by Gasteiger charge is 2.57. The smallest absolute Gasteiger partial charge is 0.311 e. The summed E-state index contributed by atoms with van der Waals surface area (Å²) in [6.45, 7) is 20.0. The number of methoxy groups -OCH3 is 1. The summed E-state index contributed by atoms with van der Waals surface area (Å²) in [5.41, 5.74) is -2.93. The van der Waals surface area contributed by atoms with Crippen molar-refractivity contribution < 1.29 is 58.4 Å². The number of rotatable bonds is 9. The van der Waals surface area contributed by atoms with Crippen LogP contribution in [0.4, 0.5) is 0 Å². The van der Waals surface area contributed by atoms with Crippen LogP contribution in [-0.4, -0.2) is 136 Å². The predicted octanol–water partition coefficient (Wildman–Crippen LogP) is 3.82. The number of ether oxygens (including phenoxy) is 7. The SMILES string of the molecule is CC[C@H](O)[C@@](C)(O)[C@@H]1OC(=O)[C@H](C)[C@@H](O[C@H]2CC(C)(OC)[C@@H](O)C(C)O2)[C@H](C)[C@@H](O[C@@H]2OC(C)CC(N3CCCCC3)C2O)[C@@]2(C)CC(C)=C(O2)[C@@H]1C. The summed E-state index contributed by atoms with van der Waals surface area (Å²) in [5, 5.41) is 45.7. The van der Waals surface area contributed by atoms with E-state index in [1.807, 2.05) is 34.6 Å². The van der Waals surface area contributed by atoms with E-state index in [4.69, 9.17) is 33.2 Å². The van der Waals surface area contributed by atoms with E-state index >= 15 is 0 Å². The minimum atomic E-state index is -1.82. The minimum Gasteiger partial charge on any atom is -0.488 e. The molecular formula is C40H69NO12. The summed E-state index contributed by atoms with van der Waals surface area (Å²) in [4.78, 5) is 16.7. The Hall–Kier alpha value is -1.39. The molecule has 0 saturated carbocycles. The molecule has 17 atom stereocenters. The van der Waals surface area contributed by atoms with Crippen LogP contribution in [0.1, 0.15) is 114 Å². The number of hydrogen-bond acceptors (Lipinski definition) is 13. The van der Waals surface area contributed by atoms with Gasteiger partial charge in [-0.25, -0.2) is 0 Å². The van der Waals surface area contributed by atoms with Crippen molar-refractivity contribution in [3.63, 3.8) is 0 Å². The lowest BCUT2D eigenvalue weighted by molar-refractivity contribution is -0.317. The molecule has 13 nitrogen and oxygen atoms in total. The molecule has 0 amide bonds. The maximum absolute atomic E-state index is 14.4. The van der Waals surface area contributed by atoms with Crippen LogP contribution >= 0.6 is 0 Å². The van der Waals surface area contributed by atoms with Crippen LogP contribution in [0, 0.1) is 17.8 Å². The molecule has 13 heteroatoms. The van der Waals surface area contributed by atoms with Crippen LogP contribution in [-0.2, 0) is 38.0 Å². The third kappa shape index (κ3) is 8.50. The van der Waals surface area contributed by atoms with Gasteiger partial charge in [-0.1, -0.05) is 27.2 Å². The topological polar surface area (TPSA) is 166 Å². The average molecular weight is 756 g/mol. The fourth-order valence-electron chi connectivity index (χ4n) is 9.82. The molecule has 5 heterocycles. The van der Waals surface area contributed by atoms with Gasteiger partial charge >= 0.3 is 5.97 Å². The number of hydrogen-bond donors (Lipinski definition) is 4. The van der Waals surface area contributed by atoms with E-state index in [9.17, 15) is 25.2 Å². The molecule has 5 unspecified atom stereocenters. The highest BCUT2D eigenvalue weighted by Crippen LogP contribution is 2.48. The molecule has 2 bridgehead atoms. The van der Waals surface area contributed by atoms with Crippen LogP contribution < -0.4 is 0 Å². The Morgan fingerprint density at radius 2 is 1.68 bits per heavy atom. The lowest BCUT2D eigenvalue weighted by Gasteiger charge is -2.49. The molecule has 306 valence electrons. The van der Waals surface area contributed by atoms with E-state index in [-0.39, 0.29) is 25.0 Å². The second-order valence-corrected chi connectivity index (χ2v) is 17.5. The highest BCUT2D eigenvalue weighted by atomic mass is 16.7. The molecular weight excluding hydrogens is 686 g/mol. The molecule has 5 aliphatic rings. The second kappa shape index (κ2) is 16.6. The zero-order valence-electron chi connectivity index (χ0n) is 33.9. The first-order chi connectivity index (χ1) is 24.8. The van der Waals surface area contributed by atoms with E-state index in [2.05, 4.69) is 4.90 Å². The van der Waals surface area contributed by atoms with Crippen LogP contribution in [0.3, 0.4) is 0 Å². The maximum Gasteiger partial charge on any atom is 0.311 e. The van der Waals surface area contributed by atoms with Crippen molar-refractivity contribution in [3.8, 4) is 0 Å². The predicted molar refractivity (Wildman–Crippen MR) is 195 cm³/mol. The van der Waals surface area contributed by atoms with Gasteiger partial charge in [0.25, 0.3) is 0 Å². The number of piperidine rings is 1. The number of fused-ring (bicyclic) bond motifs is 2. The number of carbonyl (C=O) groups is 1. The molecule has 5 aliphatic heterocycles. The van der Waals surface area contributed by atoms with Gasteiger partial charge in [0.15, 0.2) is 12.6 Å². The van der Waals surface area contributed by atoms with Crippen molar-refractivity contribution >= 4 is 5.97 Å². The number of aliphatic hydroxyl groups is 4. The molecule has 0 aromatic rings. The van der Waals surface area contributed by atoms with E-state index in [1.165, 1.54) is 20.5 Å².